The molecule has 2 rings (SSSR count). The number of aromatic nitrogens is 1. The highest BCUT2D eigenvalue weighted by Crippen LogP contribution is 2.22. The molecule has 1 unspecified atom stereocenters. The molecular weight excluding hydrogens is 300 g/mol. The molecule has 1 atom stereocenters. The Morgan fingerprint density at radius 1 is 1.41 bits per heavy atom. The third-order valence-corrected chi connectivity index (χ3v) is 5.16. The van der Waals surface area contributed by atoms with Crippen LogP contribution in [0.5, 0.6) is 0 Å². The highest BCUT2D eigenvalue weighted by Gasteiger charge is 2.28. The first-order valence-electron chi connectivity index (χ1n) is 7.64. The molecule has 1 aromatic heterocycles. The molecule has 1 aliphatic heterocycles. The van der Waals surface area contributed by atoms with Crippen LogP contribution in [0.1, 0.15) is 12.1 Å². The third-order valence-electron chi connectivity index (χ3n) is 3.89. The molecule has 1 aromatic rings. The smallest absolute Gasteiger partial charge is 0.211 e. The molecule has 1 fully saturated rings. The predicted molar refractivity (Wildman–Crippen MR) is 89.5 cm³/mol. The quantitative estimate of drug-likeness (QED) is 0.806. The van der Waals surface area contributed by atoms with Gasteiger partial charge >= 0.3 is 0 Å². The Bertz CT molecular complexity index is 589. The summed E-state index contributed by atoms with van der Waals surface area (Å²) in [7, 11) is 1.02. The molecule has 7 heteroatoms. The zero-order valence-electron chi connectivity index (χ0n) is 13.6. The minimum atomic E-state index is -3.06. The number of hydrogen-bond donors (Lipinski definition) is 1. The fraction of sp³-hybridized carbons (Fsp3) is 0.667. The average Bonchev–Trinajstić information content (AvgIpc) is 2.87. The number of rotatable bonds is 7. The van der Waals surface area contributed by atoms with Crippen molar-refractivity contribution in [2.75, 3.05) is 51.8 Å². The molecule has 6 nitrogen and oxygen atoms in total. The van der Waals surface area contributed by atoms with Gasteiger partial charge in [-0.2, -0.15) is 0 Å². The fourth-order valence-electron chi connectivity index (χ4n) is 2.66. The monoisotopic (exact) mass is 326 g/mol. The summed E-state index contributed by atoms with van der Waals surface area (Å²) in [5.74, 6) is 1.25. The molecule has 0 aliphatic carbocycles. The second kappa shape index (κ2) is 7.39. The maximum atomic E-state index is 11.6. The van der Waals surface area contributed by atoms with Crippen molar-refractivity contribution in [3.8, 4) is 0 Å². The number of likely N-dealkylation sites (N-methyl/N-ethyl adjacent to an activating group) is 1. The normalized spacial score (nSPS) is 19.7. The van der Waals surface area contributed by atoms with Gasteiger partial charge in [-0.05, 0) is 45.0 Å². The van der Waals surface area contributed by atoms with Crippen LogP contribution in [0.3, 0.4) is 0 Å². The first-order valence-corrected chi connectivity index (χ1v) is 9.49. The van der Waals surface area contributed by atoms with E-state index in [1.54, 1.807) is 4.31 Å². The van der Waals surface area contributed by atoms with E-state index < -0.39 is 10.0 Å². The second-order valence-electron chi connectivity index (χ2n) is 6.22. The average molecular weight is 326 g/mol. The number of anilines is 1. The molecular formula is C15H26N4O2S. The number of pyridine rings is 1. The number of hydrogen-bond acceptors (Lipinski definition) is 5. The molecule has 22 heavy (non-hydrogen) atoms. The Kier molecular flexibility index (Phi) is 5.77. The van der Waals surface area contributed by atoms with Crippen molar-refractivity contribution >= 4 is 15.8 Å². The van der Waals surface area contributed by atoms with E-state index in [9.17, 15) is 8.42 Å². The van der Waals surface area contributed by atoms with Crippen molar-refractivity contribution in [2.24, 2.45) is 5.92 Å². The Hall–Kier alpha value is -1.18. The largest absolute Gasteiger partial charge is 0.369 e. The van der Waals surface area contributed by atoms with Crippen LogP contribution in [0.25, 0.3) is 0 Å². The molecule has 0 saturated carbocycles. The standard InChI is InChI=1S/C15H26N4O2S/c1-18(2)10-8-16-15-6-4-5-14(17-15)11-13-7-9-19(12-13)22(3,20)21/h4-6,13H,7-12H2,1-3H3,(H,16,17). The third kappa shape index (κ3) is 5.23. The van der Waals surface area contributed by atoms with E-state index in [2.05, 4.69) is 15.2 Å². The minimum Gasteiger partial charge on any atom is -0.369 e. The lowest BCUT2D eigenvalue weighted by Crippen LogP contribution is -2.27. The van der Waals surface area contributed by atoms with Crippen LogP contribution in [0, 0.1) is 5.92 Å². The van der Waals surface area contributed by atoms with Gasteiger partial charge in [0.1, 0.15) is 5.82 Å². The van der Waals surface area contributed by atoms with Crippen molar-refractivity contribution in [3.05, 3.63) is 23.9 Å². The molecule has 1 aliphatic rings. The summed E-state index contributed by atoms with van der Waals surface area (Å²) in [6.45, 7) is 3.05. The van der Waals surface area contributed by atoms with Gasteiger partial charge in [0.05, 0.1) is 6.26 Å². The minimum absolute atomic E-state index is 0.360. The predicted octanol–water partition coefficient (Wildman–Crippen LogP) is 0.879. The first kappa shape index (κ1) is 17.2. The maximum Gasteiger partial charge on any atom is 0.211 e. The summed E-state index contributed by atoms with van der Waals surface area (Å²) >= 11 is 0. The van der Waals surface area contributed by atoms with Gasteiger partial charge in [0, 0.05) is 31.9 Å². The van der Waals surface area contributed by atoms with Gasteiger partial charge in [0.15, 0.2) is 0 Å². The summed E-state index contributed by atoms with van der Waals surface area (Å²) in [5.41, 5.74) is 1.02. The lowest BCUT2D eigenvalue weighted by atomic mass is 10.0. The zero-order valence-corrected chi connectivity index (χ0v) is 14.4. The van der Waals surface area contributed by atoms with Gasteiger partial charge in [-0.25, -0.2) is 17.7 Å². The highest BCUT2D eigenvalue weighted by atomic mass is 32.2. The van der Waals surface area contributed by atoms with E-state index in [1.807, 2.05) is 32.3 Å². The Balaban J connectivity index is 1.88. The van der Waals surface area contributed by atoms with Crippen LogP contribution in [0.2, 0.25) is 0 Å². The molecule has 1 saturated heterocycles. The van der Waals surface area contributed by atoms with Crippen LogP contribution in [-0.4, -0.2) is 69.1 Å². The van der Waals surface area contributed by atoms with Crippen LogP contribution in [0.15, 0.2) is 18.2 Å². The van der Waals surface area contributed by atoms with E-state index in [1.165, 1.54) is 6.26 Å². The highest BCUT2D eigenvalue weighted by molar-refractivity contribution is 7.88. The summed E-state index contributed by atoms with van der Waals surface area (Å²) in [6.07, 6.45) is 3.02. The van der Waals surface area contributed by atoms with Crippen molar-refractivity contribution in [1.29, 1.82) is 0 Å². The van der Waals surface area contributed by atoms with Gasteiger partial charge < -0.3 is 10.2 Å². The molecule has 0 spiro atoms. The Morgan fingerprint density at radius 3 is 2.82 bits per heavy atom. The van der Waals surface area contributed by atoms with Crippen molar-refractivity contribution < 1.29 is 8.42 Å². The van der Waals surface area contributed by atoms with Crippen LogP contribution in [0.4, 0.5) is 5.82 Å². The Morgan fingerprint density at radius 2 is 2.18 bits per heavy atom. The molecule has 0 bridgehead atoms. The summed E-state index contributed by atoms with van der Waals surface area (Å²) in [6, 6.07) is 5.99. The second-order valence-corrected chi connectivity index (χ2v) is 8.21. The molecule has 0 aromatic carbocycles. The number of sulfonamides is 1. The fourth-order valence-corrected chi connectivity index (χ4v) is 3.58. The van der Waals surface area contributed by atoms with Crippen LogP contribution in [-0.2, 0) is 16.4 Å². The van der Waals surface area contributed by atoms with Crippen LogP contribution >= 0.6 is 0 Å². The molecule has 0 amide bonds. The summed E-state index contributed by atoms with van der Waals surface area (Å²) in [4.78, 5) is 6.74. The topological polar surface area (TPSA) is 65.5 Å². The van der Waals surface area contributed by atoms with Gasteiger partial charge in [-0.15, -0.1) is 0 Å². The maximum absolute atomic E-state index is 11.6. The van der Waals surface area contributed by atoms with E-state index in [4.69, 9.17) is 0 Å². The number of nitrogens with one attached hydrogen (secondary N) is 1. The molecule has 1 N–H and O–H groups in total. The number of nitrogens with zero attached hydrogens (tertiary/aromatic N) is 3. The molecule has 0 radical (unpaired) electrons. The van der Waals surface area contributed by atoms with E-state index in [0.29, 0.717) is 19.0 Å². The van der Waals surface area contributed by atoms with E-state index in [0.717, 1.165) is 37.4 Å². The molecule has 2 heterocycles. The Labute approximate surface area is 133 Å². The van der Waals surface area contributed by atoms with Crippen molar-refractivity contribution in [1.82, 2.24) is 14.2 Å². The SMILES string of the molecule is CN(C)CCNc1cccc(CC2CCN(S(C)(=O)=O)C2)n1. The van der Waals surface area contributed by atoms with E-state index >= 15 is 0 Å². The summed E-state index contributed by atoms with van der Waals surface area (Å²) in [5, 5.41) is 3.32. The van der Waals surface area contributed by atoms with Crippen LogP contribution < -0.4 is 5.32 Å². The van der Waals surface area contributed by atoms with Crippen molar-refractivity contribution in [2.45, 2.75) is 12.8 Å². The summed E-state index contributed by atoms with van der Waals surface area (Å²) < 4.78 is 24.7. The van der Waals surface area contributed by atoms with Gasteiger partial charge in [-0.3, -0.25) is 0 Å². The zero-order chi connectivity index (χ0) is 16.2. The lowest BCUT2D eigenvalue weighted by molar-refractivity contribution is 0.425. The van der Waals surface area contributed by atoms with Crippen molar-refractivity contribution in [3.63, 3.8) is 0 Å². The van der Waals surface area contributed by atoms with Gasteiger partial charge in [0.25, 0.3) is 0 Å². The van der Waals surface area contributed by atoms with Gasteiger partial charge in [0.2, 0.25) is 10.0 Å². The lowest BCUT2D eigenvalue weighted by Gasteiger charge is -2.14. The molecule has 124 valence electrons. The van der Waals surface area contributed by atoms with E-state index in [-0.39, 0.29) is 0 Å². The first-order chi connectivity index (χ1) is 10.3. The van der Waals surface area contributed by atoms with Gasteiger partial charge in [-0.1, -0.05) is 6.07 Å².